The van der Waals surface area contributed by atoms with Gasteiger partial charge in [0.25, 0.3) is 0 Å². The van der Waals surface area contributed by atoms with Gasteiger partial charge in [-0.25, -0.2) is 0 Å². The number of halogens is 1. The van der Waals surface area contributed by atoms with Crippen LogP contribution < -0.4 is 14.8 Å². The van der Waals surface area contributed by atoms with Crippen molar-refractivity contribution in [3.05, 3.63) is 58.1 Å². The fraction of sp³-hybridized carbons (Fsp3) is 0.348. The molecule has 2 aromatic rings. The van der Waals surface area contributed by atoms with Crippen LogP contribution in [0.15, 0.2) is 46.9 Å². The van der Waals surface area contributed by atoms with Crippen LogP contribution in [0.5, 0.6) is 11.5 Å². The van der Waals surface area contributed by atoms with Gasteiger partial charge in [0, 0.05) is 6.04 Å². The Bertz CT molecular complexity index is 1090. The van der Waals surface area contributed by atoms with Gasteiger partial charge in [-0.2, -0.15) is 0 Å². The van der Waals surface area contributed by atoms with Gasteiger partial charge in [-0.3, -0.25) is 24.6 Å². The maximum Gasteiger partial charge on any atom is 0.324 e. The van der Waals surface area contributed by atoms with Crippen molar-refractivity contribution in [2.75, 3.05) is 14.2 Å². The van der Waals surface area contributed by atoms with Gasteiger partial charge < -0.3 is 14.6 Å². The minimum atomic E-state index is -1.60. The van der Waals surface area contributed by atoms with Crippen LogP contribution >= 0.6 is 15.9 Å². The van der Waals surface area contributed by atoms with Gasteiger partial charge >= 0.3 is 5.97 Å². The summed E-state index contributed by atoms with van der Waals surface area (Å²) in [7, 11) is 3.00. The molecule has 2 amide bonds. The number of hydrogen-bond acceptors (Lipinski definition) is 6. The Balaban J connectivity index is 1.78. The highest BCUT2D eigenvalue weighted by Gasteiger charge is 2.66. The van der Waals surface area contributed by atoms with Crippen LogP contribution in [0, 0.1) is 11.8 Å². The van der Waals surface area contributed by atoms with Gasteiger partial charge in [-0.1, -0.05) is 30.3 Å². The second-order valence-corrected chi connectivity index (χ2v) is 8.97. The lowest BCUT2D eigenvalue weighted by atomic mass is 9.80. The highest BCUT2D eigenvalue weighted by molar-refractivity contribution is 9.10. The molecule has 2 N–H and O–H groups in total. The molecular weight excluding hydrogens is 480 g/mol. The molecule has 0 radical (unpaired) electrons. The topological polar surface area (TPSA) is 105 Å². The molecule has 0 aliphatic carbocycles. The number of nitrogens with zero attached hydrogens (tertiary/aromatic N) is 1. The van der Waals surface area contributed by atoms with Gasteiger partial charge in [0.05, 0.1) is 37.1 Å². The quantitative estimate of drug-likeness (QED) is 0.585. The molecule has 2 aromatic carbocycles. The van der Waals surface area contributed by atoms with E-state index >= 15 is 0 Å². The second kappa shape index (κ2) is 8.22. The Hall–Kier alpha value is -2.91. The summed E-state index contributed by atoms with van der Waals surface area (Å²) in [4.78, 5) is 40.2. The Morgan fingerprint density at radius 1 is 1.16 bits per heavy atom. The van der Waals surface area contributed by atoms with Crippen LogP contribution in [0.2, 0.25) is 0 Å². The Labute approximate surface area is 193 Å². The molecule has 0 bridgehead atoms. The molecule has 2 heterocycles. The molecule has 2 aliphatic heterocycles. The van der Waals surface area contributed by atoms with Crippen LogP contribution in [-0.2, 0) is 20.9 Å². The van der Waals surface area contributed by atoms with Crippen LogP contribution in [0.1, 0.15) is 24.1 Å². The highest BCUT2D eigenvalue weighted by atomic mass is 79.9. The molecule has 168 valence electrons. The molecule has 0 spiro atoms. The first-order valence-electron chi connectivity index (χ1n) is 10.0. The van der Waals surface area contributed by atoms with Crippen molar-refractivity contribution < 1.29 is 29.0 Å². The van der Waals surface area contributed by atoms with Gasteiger partial charge in [-0.05, 0) is 46.1 Å². The van der Waals surface area contributed by atoms with Crippen molar-refractivity contribution in [2.45, 2.75) is 25.0 Å². The van der Waals surface area contributed by atoms with Gasteiger partial charge in [-0.15, -0.1) is 0 Å². The van der Waals surface area contributed by atoms with Crippen LogP contribution in [0.25, 0.3) is 0 Å². The number of ether oxygens (including phenoxy) is 2. The van der Waals surface area contributed by atoms with E-state index in [2.05, 4.69) is 21.2 Å². The van der Waals surface area contributed by atoms with Crippen molar-refractivity contribution in [2.24, 2.45) is 11.8 Å². The van der Waals surface area contributed by atoms with Crippen molar-refractivity contribution in [3.8, 4) is 11.5 Å². The summed E-state index contributed by atoms with van der Waals surface area (Å²) in [6.07, 6.45) is 0. The number of likely N-dealkylation sites (tertiary alicyclic amines) is 1. The molecule has 4 rings (SSSR count). The Morgan fingerprint density at radius 2 is 1.84 bits per heavy atom. The molecule has 2 fully saturated rings. The number of imide groups is 1. The number of amides is 2. The zero-order valence-electron chi connectivity index (χ0n) is 17.8. The number of carbonyl (C=O) groups is 3. The molecule has 0 aromatic heterocycles. The molecule has 2 aliphatic rings. The predicted octanol–water partition coefficient (Wildman–Crippen LogP) is 2.76. The third-order valence-corrected chi connectivity index (χ3v) is 6.91. The molecule has 8 nitrogen and oxygen atoms in total. The smallest absolute Gasteiger partial charge is 0.324 e. The summed E-state index contributed by atoms with van der Waals surface area (Å²) in [5, 5.41) is 13.1. The average Bonchev–Trinajstić information content (AvgIpc) is 3.23. The maximum atomic E-state index is 13.5. The van der Waals surface area contributed by atoms with E-state index in [0.29, 0.717) is 21.5 Å². The Morgan fingerprint density at radius 3 is 2.44 bits per heavy atom. The summed E-state index contributed by atoms with van der Waals surface area (Å²) in [6.45, 7) is 1.56. The summed E-state index contributed by atoms with van der Waals surface area (Å²) < 4.78 is 11.4. The third kappa shape index (κ3) is 3.36. The SMILES string of the molecule is COc1cc(C2NC(C)(C(=O)O)C3C(=O)N(Cc4ccccc4)C(=O)C23)cc(Br)c1OC. The second-order valence-electron chi connectivity index (χ2n) is 8.12. The third-order valence-electron chi connectivity index (χ3n) is 6.32. The standard InChI is InChI=1S/C23H23BrN2O6/c1-23(22(29)30)17-16(20(27)26(21(17)28)11-12-7-5-4-6-8-12)18(25-23)13-9-14(24)19(32-3)15(10-13)31-2/h4-10,16-18,25H,11H2,1-3H3,(H,29,30). The average molecular weight is 503 g/mol. The number of fused-ring (bicyclic) bond motifs is 1. The van der Waals surface area contributed by atoms with Crippen molar-refractivity contribution in [1.82, 2.24) is 10.2 Å². The molecule has 32 heavy (non-hydrogen) atoms. The van der Waals surface area contributed by atoms with E-state index in [1.165, 1.54) is 26.0 Å². The van der Waals surface area contributed by atoms with Gasteiger partial charge in [0.2, 0.25) is 11.8 Å². The van der Waals surface area contributed by atoms with Gasteiger partial charge in [0.15, 0.2) is 11.5 Å². The molecule has 4 atom stereocenters. The largest absolute Gasteiger partial charge is 0.493 e. The molecule has 0 saturated carbocycles. The van der Waals surface area contributed by atoms with Crippen LogP contribution in [-0.4, -0.2) is 47.5 Å². The van der Waals surface area contributed by atoms with Crippen molar-refractivity contribution >= 4 is 33.7 Å². The first-order valence-corrected chi connectivity index (χ1v) is 10.8. The first-order chi connectivity index (χ1) is 15.2. The lowest BCUT2D eigenvalue weighted by Crippen LogP contribution is -2.53. The number of aliphatic carboxylic acids is 1. The number of benzene rings is 2. The lowest BCUT2D eigenvalue weighted by molar-refractivity contribution is -0.150. The minimum absolute atomic E-state index is 0.101. The highest BCUT2D eigenvalue weighted by Crippen LogP contribution is 2.50. The molecule has 2 saturated heterocycles. The van der Waals surface area contributed by atoms with E-state index in [0.717, 1.165) is 5.56 Å². The summed E-state index contributed by atoms with van der Waals surface area (Å²) in [6, 6.07) is 11.9. The van der Waals surface area contributed by atoms with E-state index in [9.17, 15) is 19.5 Å². The maximum absolute atomic E-state index is 13.5. The van der Waals surface area contributed by atoms with Crippen LogP contribution in [0.3, 0.4) is 0 Å². The molecule has 4 unspecified atom stereocenters. The molecular formula is C23H23BrN2O6. The van der Waals surface area contributed by atoms with Crippen molar-refractivity contribution in [1.29, 1.82) is 0 Å². The number of nitrogens with one attached hydrogen (secondary N) is 1. The normalized spacial score (nSPS) is 26.9. The first kappa shape index (κ1) is 22.3. The fourth-order valence-electron chi connectivity index (χ4n) is 4.72. The van der Waals surface area contributed by atoms with E-state index in [4.69, 9.17) is 9.47 Å². The lowest BCUT2D eigenvalue weighted by Gasteiger charge is -2.27. The van der Waals surface area contributed by atoms with E-state index in [1.807, 2.05) is 30.3 Å². The Kier molecular flexibility index (Phi) is 5.72. The van der Waals surface area contributed by atoms with Crippen LogP contribution in [0.4, 0.5) is 0 Å². The fourth-order valence-corrected chi connectivity index (χ4v) is 5.34. The summed E-state index contributed by atoms with van der Waals surface area (Å²) >= 11 is 3.45. The predicted molar refractivity (Wildman–Crippen MR) is 118 cm³/mol. The number of methoxy groups -OCH3 is 2. The minimum Gasteiger partial charge on any atom is -0.493 e. The zero-order valence-corrected chi connectivity index (χ0v) is 19.4. The zero-order chi connectivity index (χ0) is 23.2. The van der Waals surface area contributed by atoms with Crippen molar-refractivity contribution in [3.63, 3.8) is 0 Å². The number of hydrogen-bond donors (Lipinski definition) is 2. The number of rotatable bonds is 6. The van der Waals surface area contributed by atoms with E-state index in [-0.39, 0.29) is 6.54 Å². The van der Waals surface area contributed by atoms with E-state index in [1.54, 1.807) is 12.1 Å². The molecule has 9 heteroatoms. The summed E-state index contributed by atoms with van der Waals surface area (Å²) in [5.74, 6) is -3.05. The number of carboxylic acid groups (broad SMARTS) is 1. The van der Waals surface area contributed by atoms with Gasteiger partial charge in [0.1, 0.15) is 5.54 Å². The monoisotopic (exact) mass is 502 g/mol. The number of carbonyl (C=O) groups excluding carboxylic acids is 2. The summed E-state index contributed by atoms with van der Waals surface area (Å²) in [5.41, 5.74) is -0.186. The number of carboxylic acids is 1. The van der Waals surface area contributed by atoms with E-state index < -0.39 is 41.2 Å².